The van der Waals surface area contributed by atoms with Crippen LogP contribution in [-0.4, -0.2) is 21.8 Å². The Morgan fingerprint density at radius 3 is 2.00 bits per heavy atom. The fraction of sp³-hybridized carbons (Fsp3) is 0.250. The highest BCUT2D eigenvalue weighted by Crippen LogP contribution is 1.48. The SMILES string of the molecule is COn1c(=O)[nH]c(=O)[nH]c1=O. The predicted molar refractivity (Wildman–Crippen MR) is 34.4 cm³/mol. The molecule has 0 bridgehead atoms. The van der Waals surface area contributed by atoms with Crippen molar-refractivity contribution in [2.45, 2.75) is 0 Å². The molecule has 2 N–H and O–H groups in total. The maximum atomic E-state index is 10.7. The topological polar surface area (TPSA) is 96.9 Å². The van der Waals surface area contributed by atoms with Gasteiger partial charge in [-0.2, -0.15) is 0 Å². The second-order valence-corrected chi connectivity index (χ2v) is 1.67. The standard InChI is InChI=1S/C4H5N3O4/c1-11-7-3(9)5-2(8)6-4(7)10/h1H3,(H2,5,6,8,9,10). The molecular weight excluding hydrogens is 154 g/mol. The van der Waals surface area contributed by atoms with Crippen molar-refractivity contribution < 1.29 is 4.84 Å². The first-order valence-corrected chi connectivity index (χ1v) is 2.65. The van der Waals surface area contributed by atoms with Gasteiger partial charge in [-0.25, -0.2) is 14.4 Å². The molecule has 0 fully saturated rings. The lowest BCUT2D eigenvalue weighted by Crippen LogP contribution is -2.45. The molecule has 11 heavy (non-hydrogen) atoms. The van der Waals surface area contributed by atoms with E-state index in [0.717, 1.165) is 7.11 Å². The van der Waals surface area contributed by atoms with Crippen molar-refractivity contribution in [2.75, 3.05) is 7.11 Å². The summed E-state index contributed by atoms with van der Waals surface area (Å²) >= 11 is 0. The number of H-pyrrole nitrogens is 2. The first-order chi connectivity index (χ1) is 5.15. The van der Waals surface area contributed by atoms with Crippen molar-refractivity contribution in [1.82, 2.24) is 14.7 Å². The van der Waals surface area contributed by atoms with Gasteiger partial charge in [-0.15, -0.1) is 0 Å². The van der Waals surface area contributed by atoms with Gasteiger partial charge >= 0.3 is 17.1 Å². The van der Waals surface area contributed by atoms with E-state index in [2.05, 4.69) is 4.84 Å². The van der Waals surface area contributed by atoms with Crippen LogP contribution in [0.4, 0.5) is 0 Å². The van der Waals surface area contributed by atoms with Gasteiger partial charge in [0.05, 0.1) is 0 Å². The molecule has 0 aromatic carbocycles. The Labute approximate surface area is 59.2 Å². The van der Waals surface area contributed by atoms with Crippen molar-refractivity contribution in [1.29, 1.82) is 0 Å². The highest BCUT2D eigenvalue weighted by atomic mass is 16.7. The van der Waals surface area contributed by atoms with E-state index < -0.39 is 17.1 Å². The summed E-state index contributed by atoms with van der Waals surface area (Å²) in [6, 6.07) is 0. The summed E-state index contributed by atoms with van der Waals surface area (Å²) in [5.41, 5.74) is -2.66. The van der Waals surface area contributed by atoms with E-state index in [-0.39, 0.29) is 0 Å². The normalized spacial score (nSPS) is 9.55. The monoisotopic (exact) mass is 159 g/mol. The molecule has 1 aromatic rings. The highest BCUT2D eigenvalue weighted by Gasteiger charge is 1.99. The van der Waals surface area contributed by atoms with E-state index in [1.807, 2.05) is 0 Å². The fourth-order valence-electron chi connectivity index (χ4n) is 0.585. The van der Waals surface area contributed by atoms with E-state index in [1.165, 1.54) is 0 Å². The molecule has 0 aliphatic rings. The van der Waals surface area contributed by atoms with Crippen molar-refractivity contribution in [3.05, 3.63) is 31.5 Å². The zero-order valence-electron chi connectivity index (χ0n) is 5.58. The summed E-state index contributed by atoms with van der Waals surface area (Å²) in [4.78, 5) is 39.6. The number of hydrogen-bond acceptors (Lipinski definition) is 4. The predicted octanol–water partition coefficient (Wildman–Crippen LogP) is -2.72. The first kappa shape index (κ1) is 7.32. The third-order valence-electron chi connectivity index (χ3n) is 0.992. The van der Waals surface area contributed by atoms with Crippen molar-refractivity contribution in [3.8, 4) is 0 Å². The largest absolute Gasteiger partial charge is 0.408 e. The van der Waals surface area contributed by atoms with E-state index >= 15 is 0 Å². The van der Waals surface area contributed by atoms with Gasteiger partial charge in [0, 0.05) is 0 Å². The molecule has 7 nitrogen and oxygen atoms in total. The quantitative estimate of drug-likeness (QED) is 0.465. The summed E-state index contributed by atoms with van der Waals surface area (Å²) in [5, 5.41) is 0. The smallest absolute Gasteiger partial charge is 0.367 e. The molecular formula is C4H5N3O4. The average Bonchev–Trinajstić information content (AvgIpc) is 1.85. The van der Waals surface area contributed by atoms with Gasteiger partial charge < -0.3 is 4.84 Å². The third-order valence-corrected chi connectivity index (χ3v) is 0.992. The molecule has 0 amide bonds. The second kappa shape index (κ2) is 2.45. The number of nitrogens with one attached hydrogen (secondary N) is 2. The van der Waals surface area contributed by atoms with Crippen LogP contribution in [-0.2, 0) is 0 Å². The van der Waals surface area contributed by atoms with Crippen molar-refractivity contribution in [3.63, 3.8) is 0 Å². The molecule has 60 valence electrons. The van der Waals surface area contributed by atoms with E-state index in [9.17, 15) is 14.4 Å². The fourth-order valence-corrected chi connectivity index (χ4v) is 0.585. The zero-order valence-corrected chi connectivity index (χ0v) is 5.58. The second-order valence-electron chi connectivity index (χ2n) is 1.67. The maximum absolute atomic E-state index is 10.7. The van der Waals surface area contributed by atoms with Crippen LogP contribution in [0.3, 0.4) is 0 Å². The number of aromatic nitrogens is 3. The lowest BCUT2D eigenvalue weighted by Gasteiger charge is -1.96. The van der Waals surface area contributed by atoms with Crippen LogP contribution in [0.5, 0.6) is 0 Å². The van der Waals surface area contributed by atoms with Crippen molar-refractivity contribution in [2.24, 2.45) is 0 Å². The molecule has 0 spiro atoms. The molecule has 0 radical (unpaired) electrons. The van der Waals surface area contributed by atoms with Crippen LogP contribution in [0, 0.1) is 0 Å². The lowest BCUT2D eigenvalue weighted by atomic mass is 11.0. The Hall–Kier alpha value is -1.79. The lowest BCUT2D eigenvalue weighted by molar-refractivity contribution is 0.139. The Morgan fingerprint density at radius 1 is 1.18 bits per heavy atom. The Kier molecular flexibility index (Phi) is 1.63. The molecule has 0 aliphatic carbocycles. The van der Waals surface area contributed by atoms with Crippen LogP contribution >= 0.6 is 0 Å². The van der Waals surface area contributed by atoms with Crippen molar-refractivity contribution >= 4 is 0 Å². The maximum Gasteiger partial charge on any atom is 0.367 e. The Bertz CT molecular complexity index is 376. The molecule has 0 aliphatic heterocycles. The van der Waals surface area contributed by atoms with E-state index in [0.29, 0.717) is 4.73 Å². The van der Waals surface area contributed by atoms with Gasteiger partial charge in [-0.05, 0) is 0 Å². The van der Waals surface area contributed by atoms with Gasteiger partial charge in [0.1, 0.15) is 7.11 Å². The highest BCUT2D eigenvalue weighted by molar-refractivity contribution is 4.64. The Balaban J connectivity index is 3.63. The molecule has 1 rings (SSSR count). The molecule has 0 saturated heterocycles. The van der Waals surface area contributed by atoms with Crippen LogP contribution in [0.25, 0.3) is 0 Å². The number of nitrogens with zero attached hydrogens (tertiary/aromatic N) is 1. The number of rotatable bonds is 1. The van der Waals surface area contributed by atoms with Gasteiger partial charge in [0.15, 0.2) is 0 Å². The van der Waals surface area contributed by atoms with Gasteiger partial charge in [0.2, 0.25) is 0 Å². The van der Waals surface area contributed by atoms with E-state index in [1.54, 1.807) is 9.97 Å². The molecule has 1 aromatic heterocycles. The third kappa shape index (κ3) is 1.20. The summed E-state index contributed by atoms with van der Waals surface area (Å²) < 4.78 is 0.390. The average molecular weight is 159 g/mol. The summed E-state index contributed by atoms with van der Waals surface area (Å²) in [6.07, 6.45) is 0. The summed E-state index contributed by atoms with van der Waals surface area (Å²) in [5.74, 6) is 0. The minimum absolute atomic E-state index is 0.390. The van der Waals surface area contributed by atoms with E-state index in [4.69, 9.17) is 0 Å². The van der Waals surface area contributed by atoms with Crippen LogP contribution in [0.2, 0.25) is 0 Å². The molecule has 0 atom stereocenters. The molecule has 0 saturated carbocycles. The number of hydrogen-bond donors (Lipinski definition) is 2. The molecule has 1 heterocycles. The minimum atomic E-state index is -0.902. The summed E-state index contributed by atoms with van der Waals surface area (Å²) in [6.45, 7) is 0. The molecule has 7 heteroatoms. The van der Waals surface area contributed by atoms with Crippen LogP contribution in [0.1, 0.15) is 0 Å². The van der Waals surface area contributed by atoms with Gasteiger partial charge in [-0.1, -0.05) is 4.73 Å². The Morgan fingerprint density at radius 2 is 1.64 bits per heavy atom. The first-order valence-electron chi connectivity index (χ1n) is 2.65. The number of aromatic amines is 2. The van der Waals surface area contributed by atoms with Gasteiger partial charge in [-0.3, -0.25) is 9.97 Å². The zero-order chi connectivity index (χ0) is 8.43. The van der Waals surface area contributed by atoms with Crippen LogP contribution < -0.4 is 21.9 Å². The van der Waals surface area contributed by atoms with Gasteiger partial charge in [0.25, 0.3) is 0 Å². The van der Waals surface area contributed by atoms with Crippen LogP contribution in [0.15, 0.2) is 14.4 Å². The minimum Gasteiger partial charge on any atom is -0.408 e. The molecule has 0 unspecified atom stereocenters. The summed E-state index contributed by atoms with van der Waals surface area (Å²) in [7, 11) is 1.13.